The van der Waals surface area contributed by atoms with Crippen molar-refractivity contribution in [1.29, 1.82) is 0 Å². The first-order valence-electron chi connectivity index (χ1n) is 9.54. The minimum Gasteiger partial charge on any atom is -0.394 e. The van der Waals surface area contributed by atoms with Gasteiger partial charge in [0.15, 0.2) is 0 Å². The Bertz CT molecular complexity index is 834. The summed E-state index contributed by atoms with van der Waals surface area (Å²) in [6.07, 6.45) is 1.85. The molecule has 154 valence electrons. The number of aliphatic hydroxyl groups is 1. The first-order valence-corrected chi connectivity index (χ1v) is 9.54. The first-order chi connectivity index (χ1) is 14.0. The Hall–Kier alpha value is -2.84. The molecule has 2 aromatic rings. The van der Waals surface area contributed by atoms with Gasteiger partial charge in [-0.15, -0.1) is 0 Å². The van der Waals surface area contributed by atoms with Crippen molar-refractivity contribution in [2.45, 2.75) is 44.1 Å². The van der Waals surface area contributed by atoms with Crippen LogP contribution in [0, 0.1) is 5.82 Å². The lowest BCUT2D eigenvalue weighted by atomic mass is 9.96. The molecule has 3 N–H and O–H groups in total. The molecule has 7 nitrogen and oxygen atoms in total. The molecule has 0 radical (unpaired) electrons. The third-order valence-corrected chi connectivity index (χ3v) is 4.80. The van der Waals surface area contributed by atoms with Crippen LogP contribution in [0.4, 0.5) is 4.39 Å². The fourth-order valence-electron chi connectivity index (χ4n) is 3.31. The summed E-state index contributed by atoms with van der Waals surface area (Å²) in [5.74, 6) is -0.896. The van der Waals surface area contributed by atoms with E-state index in [-0.39, 0.29) is 49.3 Å². The molecule has 3 rings (SSSR count). The van der Waals surface area contributed by atoms with Gasteiger partial charge in [0.05, 0.1) is 25.2 Å². The van der Waals surface area contributed by atoms with E-state index in [9.17, 15) is 19.1 Å². The van der Waals surface area contributed by atoms with Gasteiger partial charge in [0.2, 0.25) is 5.91 Å². The number of aliphatic hydroxyl groups excluding tert-OH is 1. The van der Waals surface area contributed by atoms with Gasteiger partial charge in [0.25, 0.3) is 5.91 Å². The number of nitrogens with one attached hydrogen (secondary N) is 2. The molecule has 1 fully saturated rings. The van der Waals surface area contributed by atoms with Crippen LogP contribution in [0.15, 0.2) is 48.7 Å². The highest BCUT2D eigenvalue weighted by Gasteiger charge is 2.33. The van der Waals surface area contributed by atoms with Gasteiger partial charge in [-0.1, -0.05) is 18.2 Å². The largest absolute Gasteiger partial charge is 0.394 e. The topological polar surface area (TPSA) is 101 Å². The Morgan fingerprint density at radius 1 is 1.21 bits per heavy atom. The van der Waals surface area contributed by atoms with Crippen molar-refractivity contribution in [2.75, 3.05) is 6.61 Å². The Kier molecular flexibility index (Phi) is 7.26. The number of nitrogens with zero attached hydrogens (tertiary/aromatic N) is 1. The zero-order valence-electron chi connectivity index (χ0n) is 15.9. The summed E-state index contributed by atoms with van der Waals surface area (Å²) in [7, 11) is 0. The van der Waals surface area contributed by atoms with Gasteiger partial charge in [-0.3, -0.25) is 14.6 Å². The smallest absolute Gasteiger partial charge is 0.270 e. The molecule has 0 bridgehead atoms. The number of ether oxygens (including phenoxy) is 1. The number of benzene rings is 1. The lowest BCUT2D eigenvalue weighted by Gasteiger charge is -2.35. The van der Waals surface area contributed by atoms with E-state index >= 15 is 0 Å². The predicted molar refractivity (Wildman–Crippen MR) is 103 cm³/mol. The normalized spacial score (nSPS) is 21.4. The average molecular weight is 401 g/mol. The second-order valence-corrected chi connectivity index (χ2v) is 6.96. The fourth-order valence-corrected chi connectivity index (χ4v) is 3.31. The van der Waals surface area contributed by atoms with Crippen molar-refractivity contribution in [3.05, 3.63) is 65.7 Å². The number of carbonyl (C=O) groups is 2. The van der Waals surface area contributed by atoms with Crippen LogP contribution in [0.3, 0.4) is 0 Å². The van der Waals surface area contributed by atoms with E-state index in [4.69, 9.17) is 4.74 Å². The van der Waals surface area contributed by atoms with E-state index in [1.165, 1.54) is 18.3 Å². The van der Waals surface area contributed by atoms with Gasteiger partial charge < -0.3 is 20.5 Å². The Balaban J connectivity index is 1.47. The third-order valence-electron chi connectivity index (χ3n) is 4.80. The average Bonchev–Trinajstić information content (AvgIpc) is 2.74. The van der Waals surface area contributed by atoms with Crippen molar-refractivity contribution in [3.63, 3.8) is 0 Å². The molecule has 3 atom stereocenters. The summed E-state index contributed by atoms with van der Waals surface area (Å²) in [4.78, 5) is 28.5. The number of pyridine rings is 1. The first kappa shape index (κ1) is 20.9. The molecule has 8 heteroatoms. The lowest BCUT2D eigenvalue weighted by molar-refractivity contribution is -0.131. The van der Waals surface area contributed by atoms with Gasteiger partial charge in [-0.05, 0) is 42.7 Å². The maximum atomic E-state index is 13.2. The van der Waals surface area contributed by atoms with E-state index in [1.807, 2.05) is 0 Å². The molecule has 0 unspecified atom stereocenters. The maximum absolute atomic E-state index is 13.2. The van der Waals surface area contributed by atoms with Crippen molar-refractivity contribution in [3.8, 4) is 0 Å². The summed E-state index contributed by atoms with van der Waals surface area (Å²) >= 11 is 0. The predicted octanol–water partition coefficient (Wildman–Crippen LogP) is 1.57. The summed E-state index contributed by atoms with van der Waals surface area (Å²) in [6, 6.07) is 10.7. The minimum absolute atomic E-state index is 0.132. The van der Waals surface area contributed by atoms with Crippen molar-refractivity contribution in [1.82, 2.24) is 15.6 Å². The number of carbonyl (C=O) groups excluding carboxylic acids is 2. The number of hydrogen-bond acceptors (Lipinski definition) is 5. The molecule has 29 heavy (non-hydrogen) atoms. The van der Waals surface area contributed by atoms with Gasteiger partial charge in [0, 0.05) is 12.7 Å². The zero-order chi connectivity index (χ0) is 20.6. The van der Waals surface area contributed by atoms with Crippen molar-refractivity contribution >= 4 is 11.8 Å². The zero-order valence-corrected chi connectivity index (χ0v) is 15.9. The number of amides is 2. The quantitative estimate of drug-likeness (QED) is 0.654. The van der Waals surface area contributed by atoms with Crippen LogP contribution in [0.2, 0.25) is 0 Å². The van der Waals surface area contributed by atoms with Crippen LogP contribution in [-0.2, 0) is 16.1 Å². The van der Waals surface area contributed by atoms with Gasteiger partial charge >= 0.3 is 0 Å². The van der Waals surface area contributed by atoms with E-state index < -0.39 is 6.10 Å². The van der Waals surface area contributed by atoms with Gasteiger partial charge in [-0.2, -0.15) is 0 Å². The second-order valence-electron chi connectivity index (χ2n) is 6.96. The second kappa shape index (κ2) is 10.1. The fraction of sp³-hybridized carbons (Fsp3) is 0.381. The van der Waals surface area contributed by atoms with Crippen LogP contribution < -0.4 is 10.6 Å². The summed E-state index contributed by atoms with van der Waals surface area (Å²) < 4.78 is 19.0. The Morgan fingerprint density at radius 3 is 2.79 bits per heavy atom. The standard InChI is InChI=1S/C21H24FN3O4/c22-15-5-3-4-14(10-15)12-24-20(27)11-16-7-8-17(19(13-26)29-16)25-21(28)18-6-1-2-9-23-18/h1-6,9-10,16-17,19,26H,7-8,11-13H2,(H,24,27)(H,25,28)/t16-,17+,19-/m0/s1. The Labute approximate surface area is 168 Å². The summed E-state index contributed by atoms with van der Waals surface area (Å²) in [5, 5.41) is 15.2. The lowest BCUT2D eigenvalue weighted by Crippen LogP contribution is -2.51. The van der Waals surface area contributed by atoms with Crippen LogP contribution in [0.1, 0.15) is 35.3 Å². The van der Waals surface area contributed by atoms with E-state index in [0.717, 1.165) is 0 Å². The summed E-state index contributed by atoms with van der Waals surface area (Å²) in [5.41, 5.74) is 0.969. The minimum atomic E-state index is -0.600. The van der Waals surface area contributed by atoms with Crippen molar-refractivity contribution in [2.24, 2.45) is 0 Å². The van der Waals surface area contributed by atoms with Gasteiger partial charge in [-0.25, -0.2) is 4.39 Å². The molecule has 1 saturated heterocycles. The summed E-state index contributed by atoms with van der Waals surface area (Å²) in [6.45, 7) is -0.0376. The molecule has 1 aliphatic rings. The molecule has 1 aliphatic heterocycles. The van der Waals surface area contributed by atoms with Crippen LogP contribution in [0.25, 0.3) is 0 Å². The SMILES string of the molecule is O=C(C[C@@H]1CC[C@@H](NC(=O)c2ccccn2)[C@H](CO)O1)NCc1cccc(F)c1. The van der Waals surface area contributed by atoms with Crippen LogP contribution >= 0.6 is 0 Å². The molecule has 1 aromatic carbocycles. The maximum Gasteiger partial charge on any atom is 0.270 e. The van der Waals surface area contributed by atoms with E-state index in [0.29, 0.717) is 24.1 Å². The monoisotopic (exact) mass is 401 g/mol. The molecule has 0 aliphatic carbocycles. The number of halogens is 1. The van der Waals surface area contributed by atoms with Crippen LogP contribution in [-0.4, -0.2) is 46.8 Å². The van der Waals surface area contributed by atoms with Crippen molar-refractivity contribution < 1.29 is 23.8 Å². The number of hydrogen-bond donors (Lipinski definition) is 3. The molecule has 0 saturated carbocycles. The number of aromatic nitrogens is 1. The van der Waals surface area contributed by atoms with Crippen LogP contribution in [0.5, 0.6) is 0 Å². The molecule has 1 aromatic heterocycles. The number of rotatable bonds is 7. The van der Waals surface area contributed by atoms with E-state index in [2.05, 4.69) is 15.6 Å². The molecule has 0 spiro atoms. The highest BCUT2D eigenvalue weighted by Crippen LogP contribution is 2.22. The van der Waals surface area contributed by atoms with E-state index in [1.54, 1.807) is 30.3 Å². The molecule has 2 amide bonds. The molecular formula is C21H24FN3O4. The van der Waals surface area contributed by atoms with Gasteiger partial charge in [0.1, 0.15) is 17.6 Å². The highest BCUT2D eigenvalue weighted by molar-refractivity contribution is 5.92. The highest BCUT2D eigenvalue weighted by atomic mass is 19.1. The molecule has 2 heterocycles. The third kappa shape index (κ3) is 6.07. The molecular weight excluding hydrogens is 377 g/mol. The Morgan fingerprint density at radius 2 is 2.07 bits per heavy atom.